The molecule has 0 fully saturated rings. The van der Waals surface area contributed by atoms with E-state index >= 15 is 0 Å². The summed E-state index contributed by atoms with van der Waals surface area (Å²) in [5.41, 5.74) is 7.98. The Morgan fingerprint density at radius 1 is 0.648 bits per heavy atom. The van der Waals surface area contributed by atoms with E-state index in [4.69, 9.17) is 38.3 Å². The quantitative estimate of drug-likeness (QED) is 0.0588. The Bertz CT molecular complexity index is 1800. The molecule has 0 radical (unpaired) electrons. The third kappa shape index (κ3) is 9.60. The van der Waals surface area contributed by atoms with Gasteiger partial charge in [0, 0.05) is 12.7 Å². The molecule has 0 spiro atoms. The number of aromatic carboxylic acids is 1. The molecule has 4 aromatic carbocycles. The van der Waals surface area contributed by atoms with Crippen LogP contribution in [0.25, 0.3) is 11.1 Å². The standard InChI is InChI=1S/C43H50O11/c1-30-4-9-36-37-10-5-31(2)25-40(37)43(39(36)24-30,34-7-6-32(33(26-34)28-45)29-53-21-20-51-17-16-49-13-12-44)35-8-11-41(38(27-35)42(46)47)54-23-22-52-19-18-50-15-14-48-3/h4-11,24-28,44H,12-23,29H2,1-3H3,(H,46,47). The van der Waals surface area contributed by atoms with Gasteiger partial charge in [-0.15, -0.1) is 0 Å². The van der Waals surface area contributed by atoms with E-state index in [0.717, 1.165) is 56.4 Å². The second kappa shape index (κ2) is 20.3. The maximum atomic E-state index is 12.8. The molecular formula is C43H50O11. The molecule has 4 aromatic rings. The van der Waals surface area contributed by atoms with Crippen molar-refractivity contribution < 1.29 is 53.0 Å². The number of rotatable bonds is 24. The highest BCUT2D eigenvalue weighted by Crippen LogP contribution is 2.57. The largest absolute Gasteiger partial charge is 0.490 e. The van der Waals surface area contributed by atoms with Gasteiger partial charge in [0.1, 0.15) is 24.2 Å². The first kappa shape index (κ1) is 40.7. The predicted molar refractivity (Wildman–Crippen MR) is 203 cm³/mol. The zero-order chi connectivity index (χ0) is 38.3. The number of ether oxygens (including phenoxy) is 7. The van der Waals surface area contributed by atoms with Gasteiger partial charge in [-0.05, 0) is 71.0 Å². The Morgan fingerprint density at radius 3 is 1.76 bits per heavy atom. The Balaban J connectivity index is 1.47. The molecule has 0 unspecified atom stereocenters. The molecule has 288 valence electrons. The lowest BCUT2D eigenvalue weighted by atomic mass is 9.66. The van der Waals surface area contributed by atoms with Gasteiger partial charge in [0.05, 0.1) is 84.7 Å². The molecule has 0 atom stereocenters. The fourth-order valence-corrected chi connectivity index (χ4v) is 6.83. The van der Waals surface area contributed by atoms with Gasteiger partial charge in [-0.1, -0.05) is 65.7 Å². The van der Waals surface area contributed by atoms with Gasteiger partial charge in [0.2, 0.25) is 0 Å². The first-order valence-corrected chi connectivity index (χ1v) is 18.2. The number of benzene rings is 4. The van der Waals surface area contributed by atoms with Crippen molar-refractivity contribution in [2.75, 3.05) is 86.4 Å². The molecule has 11 nitrogen and oxygen atoms in total. The van der Waals surface area contributed by atoms with Crippen molar-refractivity contribution in [1.82, 2.24) is 0 Å². The van der Waals surface area contributed by atoms with E-state index in [1.54, 1.807) is 19.2 Å². The lowest BCUT2D eigenvalue weighted by molar-refractivity contribution is 0.00445. The average Bonchev–Trinajstić information content (AvgIpc) is 3.45. The number of hydrogen-bond donors (Lipinski definition) is 2. The van der Waals surface area contributed by atoms with E-state index in [9.17, 15) is 14.7 Å². The van der Waals surface area contributed by atoms with Crippen LogP contribution in [0.15, 0.2) is 72.8 Å². The van der Waals surface area contributed by atoms with Crippen LogP contribution in [-0.4, -0.2) is 109 Å². The van der Waals surface area contributed by atoms with Crippen molar-refractivity contribution >= 4 is 12.3 Å². The van der Waals surface area contributed by atoms with E-state index in [0.29, 0.717) is 58.4 Å². The van der Waals surface area contributed by atoms with Gasteiger partial charge in [-0.3, -0.25) is 4.79 Å². The van der Waals surface area contributed by atoms with Crippen molar-refractivity contribution in [1.29, 1.82) is 0 Å². The van der Waals surface area contributed by atoms with Gasteiger partial charge in [-0.2, -0.15) is 0 Å². The number of aryl methyl sites for hydroxylation is 2. The molecular weight excluding hydrogens is 692 g/mol. The third-order valence-corrected chi connectivity index (χ3v) is 9.32. The number of carbonyl (C=O) groups excluding carboxylic acids is 1. The van der Waals surface area contributed by atoms with Crippen LogP contribution < -0.4 is 4.74 Å². The minimum atomic E-state index is -1.12. The number of fused-ring (bicyclic) bond motifs is 3. The van der Waals surface area contributed by atoms with Gasteiger partial charge in [0.15, 0.2) is 0 Å². The first-order chi connectivity index (χ1) is 26.3. The first-order valence-electron chi connectivity index (χ1n) is 18.2. The molecule has 0 aromatic heterocycles. The van der Waals surface area contributed by atoms with Gasteiger partial charge >= 0.3 is 5.97 Å². The van der Waals surface area contributed by atoms with Crippen LogP contribution in [-0.2, 0) is 40.4 Å². The van der Waals surface area contributed by atoms with E-state index in [-0.39, 0.29) is 44.3 Å². The van der Waals surface area contributed by atoms with E-state index < -0.39 is 11.4 Å². The van der Waals surface area contributed by atoms with Gasteiger partial charge in [-0.25, -0.2) is 4.79 Å². The van der Waals surface area contributed by atoms with Crippen LogP contribution in [0.1, 0.15) is 59.7 Å². The maximum absolute atomic E-state index is 12.8. The number of carbonyl (C=O) groups is 2. The topological polar surface area (TPSA) is 139 Å². The lowest BCUT2D eigenvalue weighted by Crippen LogP contribution is -2.29. The molecule has 2 N–H and O–H groups in total. The summed E-state index contributed by atoms with van der Waals surface area (Å²) in [5.74, 6) is -0.889. The fraction of sp³-hybridized carbons (Fsp3) is 0.395. The summed E-state index contributed by atoms with van der Waals surface area (Å²) in [7, 11) is 1.61. The van der Waals surface area contributed by atoms with Gasteiger partial charge < -0.3 is 43.4 Å². The Labute approximate surface area is 316 Å². The molecule has 0 bridgehead atoms. The van der Waals surface area contributed by atoms with E-state index in [2.05, 4.69) is 36.4 Å². The molecule has 0 saturated carbocycles. The summed E-state index contributed by atoms with van der Waals surface area (Å²) in [6.07, 6.45) is 0.835. The Hall–Kier alpha value is -4.46. The highest BCUT2D eigenvalue weighted by Gasteiger charge is 2.47. The summed E-state index contributed by atoms with van der Waals surface area (Å²) >= 11 is 0. The fourth-order valence-electron chi connectivity index (χ4n) is 6.83. The van der Waals surface area contributed by atoms with Crippen molar-refractivity contribution in [2.24, 2.45) is 0 Å². The maximum Gasteiger partial charge on any atom is 0.339 e. The summed E-state index contributed by atoms with van der Waals surface area (Å²) < 4.78 is 38.6. The highest BCUT2D eigenvalue weighted by atomic mass is 16.6. The van der Waals surface area contributed by atoms with Crippen LogP contribution in [0.2, 0.25) is 0 Å². The second-order valence-electron chi connectivity index (χ2n) is 13.0. The molecule has 1 aliphatic carbocycles. The molecule has 0 saturated heterocycles. The van der Waals surface area contributed by atoms with Crippen molar-refractivity contribution in [3.05, 3.63) is 123 Å². The number of aliphatic hydroxyl groups is 1. The van der Waals surface area contributed by atoms with Crippen LogP contribution in [0.5, 0.6) is 5.75 Å². The number of aldehydes is 1. The summed E-state index contributed by atoms with van der Waals surface area (Å²) in [5, 5.41) is 19.3. The van der Waals surface area contributed by atoms with Crippen LogP contribution >= 0.6 is 0 Å². The van der Waals surface area contributed by atoms with E-state index in [1.165, 1.54) is 0 Å². The average molecular weight is 743 g/mol. The van der Waals surface area contributed by atoms with Crippen molar-refractivity contribution in [3.8, 4) is 16.9 Å². The molecule has 0 heterocycles. The number of carboxylic acids is 1. The smallest absolute Gasteiger partial charge is 0.339 e. The molecule has 11 heteroatoms. The third-order valence-electron chi connectivity index (χ3n) is 9.32. The normalized spacial score (nSPS) is 12.7. The van der Waals surface area contributed by atoms with Crippen molar-refractivity contribution in [2.45, 2.75) is 25.9 Å². The Morgan fingerprint density at radius 2 is 1.19 bits per heavy atom. The predicted octanol–water partition coefficient (Wildman–Crippen LogP) is 5.78. The summed E-state index contributed by atoms with van der Waals surface area (Å²) in [6, 6.07) is 23.8. The Kier molecular flexibility index (Phi) is 15.3. The SMILES string of the molecule is COCCOCCOCCOc1ccc(C2(c3ccc(COCCOCCOCCO)c(C=O)c3)c3cc(C)ccc3-c3ccc(C)cc32)cc1C(=O)O. The second-order valence-corrected chi connectivity index (χ2v) is 13.0. The highest BCUT2D eigenvalue weighted by molar-refractivity contribution is 5.93. The zero-order valence-electron chi connectivity index (χ0n) is 31.3. The molecule has 1 aliphatic rings. The van der Waals surface area contributed by atoms with Crippen LogP contribution in [0, 0.1) is 13.8 Å². The summed E-state index contributed by atoms with van der Waals surface area (Å²) in [4.78, 5) is 25.5. The molecule has 5 rings (SSSR count). The van der Waals surface area contributed by atoms with Gasteiger partial charge in [0.25, 0.3) is 0 Å². The lowest BCUT2D eigenvalue weighted by Gasteiger charge is -2.35. The van der Waals surface area contributed by atoms with Crippen molar-refractivity contribution in [3.63, 3.8) is 0 Å². The minimum Gasteiger partial charge on any atom is -0.490 e. The monoisotopic (exact) mass is 742 g/mol. The minimum absolute atomic E-state index is 0.0212. The molecule has 0 amide bonds. The number of methoxy groups -OCH3 is 1. The number of carboxylic acid groups (broad SMARTS) is 1. The van der Waals surface area contributed by atoms with Crippen LogP contribution in [0.3, 0.4) is 0 Å². The molecule has 0 aliphatic heterocycles. The number of aliphatic hydroxyl groups excluding tert-OH is 1. The number of hydrogen-bond acceptors (Lipinski definition) is 10. The van der Waals surface area contributed by atoms with E-state index in [1.807, 2.05) is 38.1 Å². The summed E-state index contributed by atoms with van der Waals surface area (Å²) in [6.45, 7) is 8.17. The zero-order valence-corrected chi connectivity index (χ0v) is 31.3. The van der Waals surface area contributed by atoms with Crippen LogP contribution in [0.4, 0.5) is 0 Å². The molecule has 54 heavy (non-hydrogen) atoms.